The van der Waals surface area contributed by atoms with E-state index in [-0.39, 0.29) is 17.9 Å². The van der Waals surface area contributed by atoms with Crippen LogP contribution in [0.15, 0.2) is 35.6 Å². The van der Waals surface area contributed by atoms with Gasteiger partial charge in [0, 0.05) is 48.7 Å². The van der Waals surface area contributed by atoms with Gasteiger partial charge in [-0.15, -0.1) is 0 Å². The summed E-state index contributed by atoms with van der Waals surface area (Å²) in [5, 5.41) is 19.0. The van der Waals surface area contributed by atoms with Crippen LogP contribution in [0, 0.1) is 0 Å². The van der Waals surface area contributed by atoms with Gasteiger partial charge < -0.3 is 25.0 Å². The molecule has 3 N–H and O–H groups in total. The van der Waals surface area contributed by atoms with Crippen LogP contribution in [0.5, 0.6) is 5.88 Å². The van der Waals surface area contributed by atoms with E-state index < -0.39 is 0 Å². The second kappa shape index (κ2) is 10.4. The molecule has 0 unspecified atom stereocenters. The molecule has 1 amide bonds. The molecular weight excluding hydrogens is 456 g/mol. The van der Waals surface area contributed by atoms with Gasteiger partial charge in [0.15, 0.2) is 5.88 Å². The number of nitrogens with one attached hydrogen (secondary N) is 2. The summed E-state index contributed by atoms with van der Waals surface area (Å²) in [4.78, 5) is 23.0. The molecule has 2 aliphatic rings. The van der Waals surface area contributed by atoms with Gasteiger partial charge in [-0.25, -0.2) is 4.99 Å². The Kier molecular flexibility index (Phi) is 7.11. The zero-order chi connectivity index (χ0) is 25.2. The first-order valence-electron chi connectivity index (χ1n) is 13.0. The van der Waals surface area contributed by atoms with Crippen LogP contribution in [-0.2, 0) is 4.74 Å². The molecular formula is C27H36N6O3. The monoisotopic (exact) mass is 492 g/mol. The standard InChI is InChI=1S/C27H36N6O3/c1-17(2)32-10-8-21(9-11-32)33-16-20(14-29-33)30-18(3)25-23-13-19(6-7-24(23)31-27(25)35)26(34)28-15-22-5-4-12-36-22/h6-7,13-14,16-17,21-22,31,35H,4-5,8-12,15H2,1-3H3,(H,28,34)/t22-/m1/s1. The molecule has 1 atom stereocenters. The number of benzene rings is 1. The van der Waals surface area contributed by atoms with Crippen molar-refractivity contribution >= 4 is 28.2 Å². The number of fused-ring (bicyclic) bond motifs is 1. The first kappa shape index (κ1) is 24.5. The Labute approximate surface area is 211 Å². The van der Waals surface area contributed by atoms with Crippen molar-refractivity contribution in [2.24, 2.45) is 4.99 Å². The summed E-state index contributed by atoms with van der Waals surface area (Å²) >= 11 is 0. The molecule has 1 aromatic carbocycles. The van der Waals surface area contributed by atoms with Gasteiger partial charge in [-0.2, -0.15) is 5.10 Å². The number of carbonyl (C=O) groups excluding carboxylic acids is 1. The average molecular weight is 493 g/mol. The van der Waals surface area contributed by atoms with Gasteiger partial charge in [-0.05, 0) is 64.7 Å². The smallest absolute Gasteiger partial charge is 0.251 e. The van der Waals surface area contributed by atoms with E-state index in [0.717, 1.165) is 62.0 Å². The number of aromatic nitrogens is 3. The number of aromatic hydroxyl groups is 1. The lowest BCUT2D eigenvalue weighted by molar-refractivity contribution is 0.0858. The molecule has 2 fully saturated rings. The number of H-pyrrole nitrogens is 1. The lowest BCUT2D eigenvalue weighted by Crippen LogP contribution is -2.39. The number of carbonyl (C=O) groups is 1. The molecule has 0 spiro atoms. The average Bonchev–Trinajstić information content (AvgIpc) is 3.62. The molecule has 9 nitrogen and oxygen atoms in total. The van der Waals surface area contributed by atoms with Crippen LogP contribution in [-0.4, -0.2) is 74.8 Å². The molecule has 9 heteroatoms. The maximum atomic E-state index is 12.8. The van der Waals surface area contributed by atoms with Crippen molar-refractivity contribution in [1.29, 1.82) is 0 Å². The van der Waals surface area contributed by atoms with Gasteiger partial charge >= 0.3 is 0 Å². The third kappa shape index (κ3) is 5.17. The van der Waals surface area contributed by atoms with Crippen molar-refractivity contribution in [3.05, 3.63) is 41.7 Å². The topological polar surface area (TPSA) is 108 Å². The van der Waals surface area contributed by atoms with Crippen molar-refractivity contribution in [3.8, 4) is 5.88 Å². The molecule has 2 aliphatic heterocycles. The zero-order valence-corrected chi connectivity index (χ0v) is 21.3. The molecule has 0 radical (unpaired) electrons. The minimum absolute atomic E-state index is 0.0385. The Morgan fingerprint density at radius 3 is 2.83 bits per heavy atom. The summed E-state index contributed by atoms with van der Waals surface area (Å²) in [6.07, 6.45) is 7.99. The predicted octanol–water partition coefficient (Wildman–Crippen LogP) is 4.16. The number of piperidine rings is 1. The summed E-state index contributed by atoms with van der Waals surface area (Å²) in [6, 6.07) is 6.32. The van der Waals surface area contributed by atoms with Crippen LogP contribution in [0.4, 0.5) is 5.69 Å². The maximum Gasteiger partial charge on any atom is 0.251 e. The number of likely N-dealkylation sites (tertiary alicyclic amines) is 1. The molecule has 192 valence electrons. The van der Waals surface area contributed by atoms with Crippen LogP contribution in [0.25, 0.3) is 10.9 Å². The minimum Gasteiger partial charge on any atom is -0.494 e. The number of nitrogens with zero attached hydrogens (tertiary/aromatic N) is 4. The third-order valence-corrected chi connectivity index (χ3v) is 7.41. The number of hydrogen-bond acceptors (Lipinski definition) is 6. The van der Waals surface area contributed by atoms with E-state index in [9.17, 15) is 9.90 Å². The second-order valence-electron chi connectivity index (χ2n) is 10.2. The van der Waals surface area contributed by atoms with E-state index in [0.29, 0.717) is 35.5 Å². The Balaban J connectivity index is 1.32. The molecule has 36 heavy (non-hydrogen) atoms. The third-order valence-electron chi connectivity index (χ3n) is 7.41. The number of aromatic amines is 1. The summed E-state index contributed by atoms with van der Waals surface area (Å²) in [5.41, 5.74) is 3.29. The van der Waals surface area contributed by atoms with Gasteiger partial charge in [0.25, 0.3) is 5.91 Å². The van der Waals surface area contributed by atoms with Gasteiger partial charge in [0.05, 0.1) is 35.8 Å². The first-order chi connectivity index (χ1) is 17.4. The number of ether oxygens (including phenoxy) is 1. The second-order valence-corrected chi connectivity index (χ2v) is 10.2. The van der Waals surface area contributed by atoms with Crippen LogP contribution >= 0.6 is 0 Å². The molecule has 4 heterocycles. The van der Waals surface area contributed by atoms with Crippen molar-refractivity contribution in [3.63, 3.8) is 0 Å². The van der Waals surface area contributed by atoms with Crippen LogP contribution in [0.2, 0.25) is 0 Å². The summed E-state index contributed by atoms with van der Waals surface area (Å²) in [5.74, 6) is -0.116. The summed E-state index contributed by atoms with van der Waals surface area (Å²) in [6.45, 7) is 9.76. The lowest BCUT2D eigenvalue weighted by atomic mass is 10.0. The SMILES string of the molecule is CC(=Nc1cnn(C2CCN(C(C)C)CC2)c1)c1c(O)[nH]c2ccc(C(=O)NC[C@H]3CCCO3)cc12. The highest BCUT2D eigenvalue weighted by Crippen LogP contribution is 2.31. The van der Waals surface area contributed by atoms with Crippen LogP contribution < -0.4 is 5.32 Å². The van der Waals surface area contributed by atoms with Crippen molar-refractivity contribution in [2.75, 3.05) is 26.2 Å². The highest BCUT2D eigenvalue weighted by molar-refractivity contribution is 6.13. The van der Waals surface area contributed by atoms with Crippen molar-refractivity contribution in [2.45, 2.75) is 64.6 Å². The maximum absolute atomic E-state index is 12.8. The number of aliphatic imine (C=N–C) groups is 1. The molecule has 0 bridgehead atoms. The Morgan fingerprint density at radius 1 is 1.31 bits per heavy atom. The van der Waals surface area contributed by atoms with Crippen LogP contribution in [0.1, 0.15) is 68.4 Å². The van der Waals surface area contributed by atoms with Crippen LogP contribution in [0.3, 0.4) is 0 Å². The Morgan fingerprint density at radius 2 is 2.11 bits per heavy atom. The first-order valence-corrected chi connectivity index (χ1v) is 13.0. The van der Waals surface area contributed by atoms with Gasteiger partial charge in [0.2, 0.25) is 0 Å². The number of amides is 1. The van der Waals surface area contributed by atoms with E-state index in [1.807, 2.05) is 23.9 Å². The van der Waals surface area contributed by atoms with Crippen molar-refractivity contribution < 1.29 is 14.6 Å². The fraction of sp³-hybridized carbons (Fsp3) is 0.519. The normalized spacial score (nSPS) is 20.0. The van der Waals surface area contributed by atoms with Crippen molar-refractivity contribution in [1.82, 2.24) is 25.0 Å². The van der Waals surface area contributed by atoms with E-state index in [1.165, 1.54) is 0 Å². The number of hydrogen-bond donors (Lipinski definition) is 3. The molecule has 5 rings (SSSR count). The van der Waals surface area contributed by atoms with Gasteiger partial charge in [-0.1, -0.05) is 0 Å². The van der Waals surface area contributed by atoms with E-state index in [4.69, 9.17) is 9.73 Å². The highest BCUT2D eigenvalue weighted by Gasteiger charge is 2.23. The minimum atomic E-state index is -0.154. The zero-order valence-electron chi connectivity index (χ0n) is 21.3. The van der Waals surface area contributed by atoms with E-state index in [1.54, 1.807) is 18.3 Å². The molecule has 3 aromatic rings. The quantitative estimate of drug-likeness (QED) is 0.429. The Hall–Kier alpha value is -3.17. The molecule has 2 saturated heterocycles. The predicted molar refractivity (Wildman–Crippen MR) is 140 cm³/mol. The number of rotatable bonds is 7. The summed E-state index contributed by atoms with van der Waals surface area (Å²) in [7, 11) is 0. The highest BCUT2D eigenvalue weighted by atomic mass is 16.5. The van der Waals surface area contributed by atoms with E-state index >= 15 is 0 Å². The van der Waals surface area contributed by atoms with Gasteiger partial charge in [0.1, 0.15) is 5.69 Å². The lowest BCUT2D eigenvalue weighted by Gasteiger charge is -2.34. The molecule has 0 aliphatic carbocycles. The molecule has 2 aromatic heterocycles. The summed E-state index contributed by atoms with van der Waals surface area (Å²) < 4.78 is 7.62. The van der Waals surface area contributed by atoms with E-state index in [2.05, 4.69) is 34.1 Å². The fourth-order valence-electron chi connectivity index (χ4n) is 5.30. The molecule has 0 saturated carbocycles. The fourth-order valence-corrected chi connectivity index (χ4v) is 5.30. The van der Waals surface area contributed by atoms with Gasteiger partial charge in [-0.3, -0.25) is 9.48 Å². The Bertz CT molecular complexity index is 1250. The largest absolute Gasteiger partial charge is 0.494 e.